The van der Waals surface area contributed by atoms with Gasteiger partial charge in [-0.05, 0) is 31.4 Å². The molecule has 0 aromatic carbocycles. The lowest BCUT2D eigenvalue weighted by Gasteiger charge is -2.27. The van der Waals surface area contributed by atoms with E-state index in [1.54, 1.807) is 12.1 Å². The van der Waals surface area contributed by atoms with Crippen LogP contribution in [0.25, 0.3) is 0 Å². The predicted molar refractivity (Wildman–Crippen MR) is 77.5 cm³/mol. The number of aryl methyl sites for hydroxylation is 1. The van der Waals surface area contributed by atoms with Gasteiger partial charge < -0.3 is 5.11 Å². The third-order valence-electron chi connectivity index (χ3n) is 3.65. The highest BCUT2D eigenvalue weighted by Gasteiger charge is 2.40. The number of hydrogen-bond donors (Lipinski definition) is 2. The van der Waals surface area contributed by atoms with Crippen molar-refractivity contribution in [1.29, 1.82) is 0 Å². The fourth-order valence-electron chi connectivity index (χ4n) is 2.68. The number of aliphatic carboxylic acids is 1. The zero-order chi connectivity index (χ0) is 14.8. The van der Waals surface area contributed by atoms with Gasteiger partial charge in [-0.1, -0.05) is 19.8 Å². The van der Waals surface area contributed by atoms with Crippen LogP contribution in [0.1, 0.15) is 43.9 Å². The van der Waals surface area contributed by atoms with Gasteiger partial charge in [0.25, 0.3) is 10.0 Å². The first-order valence-corrected chi connectivity index (χ1v) is 9.01. The van der Waals surface area contributed by atoms with Crippen LogP contribution in [-0.4, -0.2) is 25.0 Å². The second-order valence-corrected chi connectivity index (χ2v) is 8.32. The Labute approximate surface area is 123 Å². The molecule has 1 heterocycles. The summed E-state index contributed by atoms with van der Waals surface area (Å²) in [5.41, 5.74) is -0.818. The van der Waals surface area contributed by atoms with Crippen molar-refractivity contribution in [3.8, 4) is 0 Å². The molecule has 1 fully saturated rings. The second-order valence-electron chi connectivity index (χ2n) is 5.24. The third kappa shape index (κ3) is 3.39. The minimum Gasteiger partial charge on any atom is -0.481 e. The van der Waals surface area contributed by atoms with Crippen molar-refractivity contribution < 1.29 is 18.3 Å². The number of sulfonamides is 1. The van der Waals surface area contributed by atoms with Crippen molar-refractivity contribution in [3.05, 3.63) is 17.0 Å². The molecule has 5 nitrogen and oxygen atoms in total. The van der Waals surface area contributed by atoms with Crippen molar-refractivity contribution in [2.75, 3.05) is 0 Å². The monoisotopic (exact) mass is 317 g/mol. The Hall–Kier alpha value is -0.920. The van der Waals surface area contributed by atoms with Gasteiger partial charge in [0.05, 0.1) is 6.42 Å². The molecule has 2 rings (SSSR count). The maximum Gasteiger partial charge on any atom is 0.305 e. The summed E-state index contributed by atoms with van der Waals surface area (Å²) in [5.74, 6) is -0.963. The fourth-order valence-corrected chi connectivity index (χ4v) is 5.44. The van der Waals surface area contributed by atoms with E-state index < -0.39 is 21.5 Å². The highest BCUT2D eigenvalue weighted by atomic mass is 32.2. The molecule has 1 aliphatic rings. The van der Waals surface area contributed by atoms with Gasteiger partial charge in [0.2, 0.25) is 0 Å². The molecule has 2 N–H and O–H groups in total. The first kappa shape index (κ1) is 15.5. The summed E-state index contributed by atoms with van der Waals surface area (Å²) in [6.45, 7) is 1.97. The van der Waals surface area contributed by atoms with Crippen LogP contribution in [0.3, 0.4) is 0 Å². The number of rotatable bonds is 6. The van der Waals surface area contributed by atoms with E-state index in [4.69, 9.17) is 5.11 Å². The summed E-state index contributed by atoms with van der Waals surface area (Å²) >= 11 is 1.24. The summed E-state index contributed by atoms with van der Waals surface area (Å²) < 4.78 is 27.7. The van der Waals surface area contributed by atoms with Crippen LogP contribution in [-0.2, 0) is 21.2 Å². The smallest absolute Gasteiger partial charge is 0.305 e. The lowest BCUT2D eigenvalue weighted by Crippen LogP contribution is -2.47. The molecule has 0 radical (unpaired) electrons. The van der Waals surface area contributed by atoms with E-state index in [1.165, 1.54) is 11.3 Å². The molecule has 0 aliphatic heterocycles. The first-order chi connectivity index (χ1) is 9.37. The molecule has 1 aromatic rings. The van der Waals surface area contributed by atoms with E-state index in [2.05, 4.69) is 4.72 Å². The van der Waals surface area contributed by atoms with Crippen molar-refractivity contribution in [2.24, 2.45) is 0 Å². The topological polar surface area (TPSA) is 83.5 Å². The molecule has 1 saturated carbocycles. The van der Waals surface area contributed by atoms with E-state index in [9.17, 15) is 13.2 Å². The first-order valence-electron chi connectivity index (χ1n) is 6.71. The van der Waals surface area contributed by atoms with Crippen LogP contribution in [0.5, 0.6) is 0 Å². The Morgan fingerprint density at radius 1 is 1.40 bits per heavy atom. The Morgan fingerprint density at radius 2 is 2.05 bits per heavy atom. The molecule has 0 unspecified atom stereocenters. The summed E-state index contributed by atoms with van der Waals surface area (Å²) in [7, 11) is -3.63. The SMILES string of the molecule is CCc1ccc(S(=O)(=O)NC2(CC(=O)O)CCCC2)s1. The van der Waals surface area contributed by atoms with E-state index in [-0.39, 0.29) is 10.6 Å². The number of nitrogens with one attached hydrogen (secondary N) is 1. The Kier molecular flexibility index (Phi) is 4.51. The molecule has 7 heteroatoms. The average Bonchev–Trinajstić information content (AvgIpc) is 2.96. The molecule has 0 spiro atoms. The number of carboxylic acids is 1. The quantitative estimate of drug-likeness (QED) is 0.844. The van der Waals surface area contributed by atoms with E-state index in [0.29, 0.717) is 12.8 Å². The highest BCUT2D eigenvalue weighted by molar-refractivity contribution is 7.91. The van der Waals surface area contributed by atoms with Gasteiger partial charge in [0.15, 0.2) is 0 Å². The molecular weight excluding hydrogens is 298 g/mol. The second kappa shape index (κ2) is 5.83. The minimum atomic E-state index is -3.63. The van der Waals surface area contributed by atoms with E-state index in [0.717, 1.165) is 24.1 Å². The Bertz CT molecular complexity index is 585. The molecule has 0 atom stereocenters. The molecule has 0 saturated heterocycles. The highest BCUT2D eigenvalue weighted by Crippen LogP contribution is 2.35. The van der Waals surface area contributed by atoms with Crippen LogP contribution in [0.2, 0.25) is 0 Å². The van der Waals surface area contributed by atoms with Crippen molar-refractivity contribution in [2.45, 2.75) is 55.2 Å². The lowest BCUT2D eigenvalue weighted by molar-refractivity contribution is -0.138. The average molecular weight is 317 g/mol. The summed E-state index contributed by atoms with van der Waals surface area (Å²) in [4.78, 5) is 12.0. The van der Waals surface area contributed by atoms with Crippen LogP contribution < -0.4 is 4.72 Å². The Balaban J connectivity index is 2.23. The van der Waals surface area contributed by atoms with Gasteiger partial charge in [0.1, 0.15) is 4.21 Å². The normalized spacial score (nSPS) is 18.2. The van der Waals surface area contributed by atoms with Crippen LogP contribution in [0.15, 0.2) is 16.3 Å². The zero-order valence-electron chi connectivity index (χ0n) is 11.4. The molecule has 1 aliphatic carbocycles. The van der Waals surface area contributed by atoms with Crippen molar-refractivity contribution in [3.63, 3.8) is 0 Å². The van der Waals surface area contributed by atoms with Gasteiger partial charge in [0, 0.05) is 10.4 Å². The maximum atomic E-state index is 12.4. The molecule has 20 heavy (non-hydrogen) atoms. The van der Waals surface area contributed by atoms with E-state index in [1.807, 2.05) is 6.92 Å². The number of carboxylic acid groups (broad SMARTS) is 1. The number of thiophene rings is 1. The van der Waals surface area contributed by atoms with Crippen LogP contribution in [0, 0.1) is 0 Å². The summed E-state index contributed by atoms with van der Waals surface area (Å²) in [6.07, 6.45) is 3.54. The fraction of sp³-hybridized carbons (Fsp3) is 0.615. The molecule has 112 valence electrons. The zero-order valence-corrected chi connectivity index (χ0v) is 13.0. The van der Waals surface area contributed by atoms with E-state index >= 15 is 0 Å². The molecule has 0 bridgehead atoms. The van der Waals surface area contributed by atoms with Gasteiger partial charge in [-0.2, -0.15) is 0 Å². The minimum absolute atomic E-state index is 0.155. The largest absolute Gasteiger partial charge is 0.481 e. The molecular formula is C13H19NO4S2. The Morgan fingerprint density at radius 3 is 2.55 bits per heavy atom. The van der Waals surface area contributed by atoms with Gasteiger partial charge >= 0.3 is 5.97 Å². The molecule has 1 aromatic heterocycles. The van der Waals surface area contributed by atoms with Crippen LogP contribution in [0.4, 0.5) is 0 Å². The van der Waals surface area contributed by atoms with Crippen molar-refractivity contribution >= 4 is 27.3 Å². The van der Waals surface area contributed by atoms with Gasteiger partial charge in [-0.15, -0.1) is 11.3 Å². The number of hydrogen-bond acceptors (Lipinski definition) is 4. The van der Waals surface area contributed by atoms with Gasteiger partial charge in [-0.3, -0.25) is 4.79 Å². The van der Waals surface area contributed by atoms with Gasteiger partial charge in [-0.25, -0.2) is 13.1 Å². The maximum absolute atomic E-state index is 12.4. The molecule has 0 amide bonds. The summed E-state index contributed by atoms with van der Waals surface area (Å²) in [5, 5.41) is 9.02. The van der Waals surface area contributed by atoms with Crippen molar-refractivity contribution in [1.82, 2.24) is 4.72 Å². The predicted octanol–water partition coefficient (Wildman–Crippen LogP) is 2.38. The lowest BCUT2D eigenvalue weighted by atomic mass is 9.95. The summed E-state index contributed by atoms with van der Waals surface area (Å²) in [6, 6.07) is 3.40. The third-order valence-corrected chi connectivity index (χ3v) is 6.95. The van der Waals surface area contributed by atoms with Crippen LogP contribution >= 0.6 is 11.3 Å². The standard InChI is InChI=1S/C13H19NO4S2/c1-2-10-5-6-12(19-10)20(17,18)14-13(9-11(15)16)7-3-4-8-13/h5-6,14H,2-4,7-9H2,1H3,(H,15,16). The number of carbonyl (C=O) groups is 1.